The zero-order valence-corrected chi connectivity index (χ0v) is 27.8. The van der Waals surface area contributed by atoms with Crippen LogP contribution in [0.5, 0.6) is 0 Å². The minimum absolute atomic E-state index is 0.0919. The maximum atomic E-state index is 14.8. The third kappa shape index (κ3) is 6.53. The smallest absolute Gasteiger partial charge is 0.313 e. The van der Waals surface area contributed by atoms with E-state index in [9.17, 15) is 24.3 Å². The Morgan fingerprint density at radius 2 is 1.71 bits per heavy atom. The van der Waals surface area contributed by atoms with Crippen LogP contribution in [0.3, 0.4) is 0 Å². The lowest BCUT2D eigenvalue weighted by molar-refractivity contribution is -0.161. The van der Waals surface area contributed by atoms with Crippen LogP contribution in [0.4, 0.5) is 5.69 Å². The fraction of sp³-hybridized carbons (Fsp3) is 0.459. The largest absolute Gasteiger partial charge is 0.455 e. The first-order valence-electron chi connectivity index (χ1n) is 16.8. The predicted octanol–water partition coefficient (Wildman–Crippen LogP) is 4.52. The summed E-state index contributed by atoms with van der Waals surface area (Å²) in [6.45, 7) is 2.36. The minimum atomic E-state index is -1.36. The quantitative estimate of drug-likeness (QED) is 0.240. The van der Waals surface area contributed by atoms with Gasteiger partial charge in [0.15, 0.2) is 0 Å². The first kappa shape index (κ1) is 33.9. The number of cyclic esters (lactones) is 1. The molecule has 2 aromatic rings. The van der Waals surface area contributed by atoms with Gasteiger partial charge in [0.1, 0.15) is 23.7 Å². The molecular formula is C37H42ClN3O7. The number of carbonyl (C=O) groups is 4. The van der Waals surface area contributed by atoms with E-state index in [1.165, 1.54) is 0 Å². The Balaban J connectivity index is 1.41. The van der Waals surface area contributed by atoms with Crippen LogP contribution >= 0.6 is 11.6 Å². The summed E-state index contributed by atoms with van der Waals surface area (Å²) in [5.41, 5.74) is -0.0653. The van der Waals surface area contributed by atoms with Crippen molar-refractivity contribution in [2.45, 2.75) is 75.3 Å². The number of esters is 1. The molecule has 11 heteroatoms. The topological polar surface area (TPSA) is 125 Å². The molecule has 0 aromatic heterocycles. The Morgan fingerprint density at radius 1 is 0.958 bits per heavy atom. The highest BCUT2D eigenvalue weighted by molar-refractivity contribution is 6.30. The molecule has 1 spiro atoms. The van der Waals surface area contributed by atoms with Crippen LogP contribution in [0.25, 0.3) is 0 Å². The first-order chi connectivity index (χ1) is 23.2. The van der Waals surface area contributed by atoms with Gasteiger partial charge in [-0.15, -0.1) is 0 Å². The summed E-state index contributed by atoms with van der Waals surface area (Å²) >= 11 is 6.20. The zero-order chi connectivity index (χ0) is 33.8. The molecule has 0 saturated carbocycles. The Labute approximate surface area is 285 Å². The molecule has 0 aliphatic carbocycles. The van der Waals surface area contributed by atoms with Gasteiger partial charge in [0.25, 0.3) is 5.91 Å². The monoisotopic (exact) mass is 675 g/mol. The van der Waals surface area contributed by atoms with E-state index in [4.69, 9.17) is 21.1 Å². The summed E-state index contributed by atoms with van der Waals surface area (Å²) in [4.78, 5) is 59.7. The van der Waals surface area contributed by atoms with Gasteiger partial charge in [0, 0.05) is 36.8 Å². The van der Waals surface area contributed by atoms with Crippen LogP contribution in [-0.2, 0) is 28.7 Å². The lowest BCUT2D eigenvalue weighted by Gasteiger charge is -2.36. The molecule has 2 aromatic carbocycles. The molecule has 5 bridgehead atoms. The van der Waals surface area contributed by atoms with Gasteiger partial charge in [-0.1, -0.05) is 79.1 Å². The fourth-order valence-electron chi connectivity index (χ4n) is 7.52. The van der Waals surface area contributed by atoms with E-state index in [0.717, 1.165) is 12.8 Å². The number of ether oxygens (including phenoxy) is 2. The summed E-state index contributed by atoms with van der Waals surface area (Å²) in [6, 6.07) is 14.5. The van der Waals surface area contributed by atoms with Crippen LogP contribution in [-0.4, -0.2) is 77.2 Å². The molecular weight excluding hydrogens is 634 g/mol. The van der Waals surface area contributed by atoms with Crippen LogP contribution < -0.4 is 10.2 Å². The van der Waals surface area contributed by atoms with Gasteiger partial charge in [0.2, 0.25) is 11.8 Å². The SMILES string of the molecule is C[C@@H]1NC(=O)CC/C=C\CN(c2ccc(Cl)cc2)C(=O)[C@H]2N(CCCCCCO)C(=O)[C@@H]3[C@@H](C(=O)O[C@H]1c1ccccc1)[C@H]1C=C[C@]32O1. The fourth-order valence-corrected chi connectivity index (χ4v) is 7.64. The number of aliphatic hydroxyl groups excluding tert-OH is 1. The number of allylic oxidation sites excluding steroid dienone is 1. The number of benzene rings is 2. The van der Waals surface area contributed by atoms with Crippen molar-refractivity contribution in [2.75, 3.05) is 24.6 Å². The Kier molecular flexibility index (Phi) is 10.3. The van der Waals surface area contributed by atoms with E-state index in [1.54, 1.807) is 53.1 Å². The molecule has 4 aliphatic heterocycles. The van der Waals surface area contributed by atoms with Crippen molar-refractivity contribution in [3.63, 3.8) is 0 Å². The van der Waals surface area contributed by atoms with E-state index >= 15 is 0 Å². The van der Waals surface area contributed by atoms with E-state index in [-0.39, 0.29) is 37.3 Å². The minimum Gasteiger partial charge on any atom is -0.455 e. The van der Waals surface area contributed by atoms with E-state index < -0.39 is 47.7 Å². The normalized spacial score (nSPS) is 31.1. The van der Waals surface area contributed by atoms with Crippen molar-refractivity contribution in [3.05, 3.63) is 89.5 Å². The second-order valence-corrected chi connectivity index (χ2v) is 13.4. The van der Waals surface area contributed by atoms with Gasteiger partial charge in [-0.2, -0.15) is 0 Å². The average molecular weight is 676 g/mol. The molecule has 4 heterocycles. The van der Waals surface area contributed by atoms with Crippen molar-refractivity contribution >= 4 is 41.0 Å². The number of rotatable bonds is 8. The van der Waals surface area contributed by atoms with E-state index in [0.29, 0.717) is 42.1 Å². The molecule has 254 valence electrons. The van der Waals surface area contributed by atoms with Crippen molar-refractivity contribution in [3.8, 4) is 0 Å². The number of carbonyl (C=O) groups excluding carboxylic acids is 4. The maximum Gasteiger partial charge on any atom is 0.313 e. The van der Waals surface area contributed by atoms with Crippen molar-refractivity contribution in [1.82, 2.24) is 10.2 Å². The molecule has 2 N–H and O–H groups in total. The predicted molar refractivity (Wildman–Crippen MR) is 180 cm³/mol. The Hall–Kier alpha value is -3.99. The summed E-state index contributed by atoms with van der Waals surface area (Å²) in [6.07, 6.45) is 9.16. The van der Waals surface area contributed by atoms with Crippen molar-refractivity contribution < 1.29 is 33.8 Å². The zero-order valence-electron chi connectivity index (χ0n) is 27.0. The number of hydrogen-bond donors (Lipinski definition) is 2. The number of amides is 3. The summed E-state index contributed by atoms with van der Waals surface area (Å²) in [7, 11) is 0. The van der Waals surface area contributed by atoms with Crippen molar-refractivity contribution in [2.24, 2.45) is 11.8 Å². The Morgan fingerprint density at radius 3 is 2.46 bits per heavy atom. The summed E-state index contributed by atoms with van der Waals surface area (Å²) < 4.78 is 12.8. The van der Waals surface area contributed by atoms with Crippen molar-refractivity contribution in [1.29, 1.82) is 0 Å². The van der Waals surface area contributed by atoms with E-state index in [2.05, 4.69) is 5.32 Å². The molecule has 2 saturated heterocycles. The van der Waals surface area contributed by atoms with Gasteiger partial charge >= 0.3 is 5.97 Å². The van der Waals surface area contributed by atoms with Crippen LogP contribution in [0, 0.1) is 11.8 Å². The number of aliphatic hydroxyl groups is 1. The number of anilines is 1. The number of fused-ring (bicyclic) bond motifs is 2. The lowest BCUT2D eigenvalue weighted by atomic mass is 9.74. The number of unbranched alkanes of at least 4 members (excludes halogenated alkanes) is 3. The molecule has 2 fully saturated rings. The van der Waals surface area contributed by atoms with Gasteiger partial charge in [-0.05, 0) is 56.0 Å². The third-order valence-corrected chi connectivity index (χ3v) is 10.1. The second kappa shape index (κ2) is 14.6. The molecule has 6 rings (SSSR count). The Bertz CT molecular complexity index is 1560. The standard InChI is InChI=1S/C37H42ClN3O7/c1-24-32(25-12-6-4-7-13-25)47-36(46)30-28-19-20-37(48-28)31(30)34(44)41(22-9-2-3-11-23-42)33(37)35(45)40(27-17-15-26(38)16-18-27)21-10-5-8-14-29(43)39-24/h4-7,10,12-13,15-20,24,28,30-33,42H,2-3,8-9,11,14,21-23H2,1H3,(H,39,43)/b10-5-/t24-,28+,30-,31-,32+,33+,37-/m0/s1. The second-order valence-electron chi connectivity index (χ2n) is 12.9. The summed E-state index contributed by atoms with van der Waals surface area (Å²) in [5.74, 6) is -3.43. The van der Waals surface area contributed by atoms with Crippen LogP contribution in [0.1, 0.15) is 57.1 Å². The first-order valence-corrected chi connectivity index (χ1v) is 17.2. The van der Waals surface area contributed by atoms with Crippen LogP contribution in [0.15, 0.2) is 78.9 Å². The number of hydrogen-bond acceptors (Lipinski definition) is 7. The number of nitrogens with one attached hydrogen (secondary N) is 1. The highest BCUT2D eigenvalue weighted by Crippen LogP contribution is 2.56. The average Bonchev–Trinajstić information content (AvgIpc) is 3.72. The molecule has 4 aliphatic rings. The third-order valence-electron chi connectivity index (χ3n) is 9.80. The molecule has 10 nitrogen and oxygen atoms in total. The van der Waals surface area contributed by atoms with E-state index in [1.807, 2.05) is 42.5 Å². The highest BCUT2D eigenvalue weighted by Gasteiger charge is 2.73. The molecule has 0 unspecified atom stereocenters. The molecule has 48 heavy (non-hydrogen) atoms. The number of halogens is 1. The number of likely N-dealkylation sites (tertiary alicyclic amines) is 1. The molecule has 7 atom stereocenters. The van der Waals surface area contributed by atoms with Gasteiger partial charge < -0.3 is 29.7 Å². The highest BCUT2D eigenvalue weighted by atomic mass is 35.5. The molecule has 3 amide bonds. The number of nitrogens with zero attached hydrogens (tertiary/aromatic N) is 2. The van der Waals surface area contributed by atoms with Crippen LogP contribution in [0.2, 0.25) is 5.02 Å². The van der Waals surface area contributed by atoms with Gasteiger partial charge in [-0.25, -0.2) is 0 Å². The van der Waals surface area contributed by atoms with Gasteiger partial charge in [0.05, 0.1) is 18.1 Å². The lowest BCUT2D eigenvalue weighted by Crippen LogP contribution is -2.56. The molecule has 0 radical (unpaired) electrons. The summed E-state index contributed by atoms with van der Waals surface area (Å²) in [5, 5.41) is 12.8. The maximum absolute atomic E-state index is 14.8. The van der Waals surface area contributed by atoms with Gasteiger partial charge in [-0.3, -0.25) is 19.2 Å².